The van der Waals surface area contributed by atoms with Crippen molar-refractivity contribution in [3.05, 3.63) is 58.3 Å². The van der Waals surface area contributed by atoms with E-state index in [-0.39, 0.29) is 17.8 Å². The number of para-hydroxylation sites is 1. The number of halogens is 3. The SMILES string of the molecule is C[C@H](C(=O)Nc1cccc(Cl)c1Cl)N1CCN(c2ccccc2F)CC1. The van der Waals surface area contributed by atoms with Gasteiger partial charge in [0, 0.05) is 26.2 Å². The van der Waals surface area contributed by atoms with Gasteiger partial charge in [0.2, 0.25) is 5.91 Å². The molecule has 0 spiro atoms. The molecule has 2 aromatic carbocycles. The standard InChI is InChI=1S/C19H20Cl2FN3O/c1-13(19(26)23-16-7-4-5-14(20)18(16)21)24-9-11-25(12-10-24)17-8-3-2-6-15(17)22/h2-8,13H,9-12H2,1H3,(H,23,26)/t13-/m1/s1. The van der Waals surface area contributed by atoms with Crippen molar-refractivity contribution in [3.8, 4) is 0 Å². The highest BCUT2D eigenvalue weighted by Gasteiger charge is 2.27. The molecule has 1 amide bonds. The number of hydrogen-bond donors (Lipinski definition) is 1. The quantitative estimate of drug-likeness (QED) is 0.838. The molecule has 7 heteroatoms. The minimum atomic E-state index is -0.326. The number of rotatable bonds is 4. The van der Waals surface area contributed by atoms with Crippen molar-refractivity contribution in [3.63, 3.8) is 0 Å². The number of nitrogens with zero attached hydrogens (tertiary/aromatic N) is 2. The van der Waals surface area contributed by atoms with Crippen molar-refractivity contribution in [2.24, 2.45) is 0 Å². The topological polar surface area (TPSA) is 35.6 Å². The molecule has 2 aromatic rings. The fraction of sp³-hybridized carbons (Fsp3) is 0.316. The van der Waals surface area contributed by atoms with Gasteiger partial charge in [-0.2, -0.15) is 0 Å². The third-order valence-electron chi connectivity index (χ3n) is 4.64. The van der Waals surface area contributed by atoms with E-state index >= 15 is 0 Å². The van der Waals surface area contributed by atoms with Gasteiger partial charge in [0.1, 0.15) is 5.82 Å². The first-order valence-electron chi connectivity index (χ1n) is 8.46. The first-order chi connectivity index (χ1) is 12.5. The Labute approximate surface area is 162 Å². The molecule has 0 aliphatic carbocycles. The van der Waals surface area contributed by atoms with Gasteiger partial charge in [-0.1, -0.05) is 41.4 Å². The Morgan fingerprint density at radius 1 is 1.08 bits per heavy atom. The first kappa shape index (κ1) is 19.0. The van der Waals surface area contributed by atoms with Crippen LogP contribution in [0.25, 0.3) is 0 Å². The van der Waals surface area contributed by atoms with Gasteiger partial charge < -0.3 is 10.2 Å². The van der Waals surface area contributed by atoms with Gasteiger partial charge in [0.25, 0.3) is 0 Å². The zero-order valence-electron chi connectivity index (χ0n) is 14.4. The van der Waals surface area contributed by atoms with Gasteiger partial charge in [-0.3, -0.25) is 9.69 Å². The molecule has 0 radical (unpaired) electrons. The Kier molecular flexibility index (Phi) is 6.01. The molecule has 1 heterocycles. The van der Waals surface area contributed by atoms with E-state index < -0.39 is 0 Å². The minimum absolute atomic E-state index is 0.145. The first-order valence-corrected chi connectivity index (χ1v) is 9.21. The molecule has 1 atom stereocenters. The van der Waals surface area contributed by atoms with Crippen LogP contribution in [-0.2, 0) is 4.79 Å². The summed E-state index contributed by atoms with van der Waals surface area (Å²) in [6.07, 6.45) is 0. The van der Waals surface area contributed by atoms with Crippen LogP contribution in [0.2, 0.25) is 10.0 Å². The van der Waals surface area contributed by atoms with Crippen molar-refractivity contribution >= 4 is 40.5 Å². The number of anilines is 2. The molecule has 0 unspecified atom stereocenters. The number of carbonyl (C=O) groups excluding carboxylic acids is 1. The molecule has 1 aliphatic heterocycles. The Hall–Kier alpha value is -1.82. The van der Waals surface area contributed by atoms with Crippen molar-refractivity contribution < 1.29 is 9.18 Å². The van der Waals surface area contributed by atoms with Crippen molar-refractivity contribution in [1.29, 1.82) is 0 Å². The summed E-state index contributed by atoms with van der Waals surface area (Å²) in [5.41, 5.74) is 1.11. The normalized spacial score (nSPS) is 16.4. The highest BCUT2D eigenvalue weighted by atomic mass is 35.5. The number of carbonyl (C=O) groups is 1. The third-order valence-corrected chi connectivity index (χ3v) is 5.46. The molecule has 26 heavy (non-hydrogen) atoms. The van der Waals surface area contributed by atoms with Crippen molar-refractivity contribution in [2.45, 2.75) is 13.0 Å². The zero-order valence-corrected chi connectivity index (χ0v) is 15.9. The molecule has 1 saturated heterocycles. The molecule has 3 rings (SSSR count). The number of piperazine rings is 1. The van der Waals surface area contributed by atoms with Gasteiger partial charge in [-0.05, 0) is 31.2 Å². The van der Waals surface area contributed by atoms with Crippen LogP contribution in [0.3, 0.4) is 0 Å². The second-order valence-electron chi connectivity index (χ2n) is 6.24. The van der Waals surface area contributed by atoms with E-state index in [0.717, 1.165) is 0 Å². The van der Waals surface area contributed by atoms with E-state index in [0.29, 0.717) is 47.6 Å². The summed E-state index contributed by atoms with van der Waals surface area (Å²) >= 11 is 12.1. The Balaban J connectivity index is 1.59. The maximum Gasteiger partial charge on any atom is 0.241 e. The van der Waals surface area contributed by atoms with Crippen LogP contribution < -0.4 is 10.2 Å². The van der Waals surface area contributed by atoms with Gasteiger partial charge in [-0.15, -0.1) is 0 Å². The lowest BCUT2D eigenvalue weighted by molar-refractivity contribution is -0.120. The van der Waals surface area contributed by atoms with Gasteiger partial charge in [0.05, 0.1) is 27.5 Å². The van der Waals surface area contributed by atoms with Gasteiger partial charge in [0.15, 0.2) is 0 Å². The minimum Gasteiger partial charge on any atom is -0.367 e. The highest BCUT2D eigenvalue weighted by Crippen LogP contribution is 2.29. The predicted octanol–water partition coefficient (Wildman–Crippen LogP) is 4.28. The second kappa shape index (κ2) is 8.25. The number of nitrogens with one attached hydrogen (secondary N) is 1. The Bertz CT molecular complexity index is 794. The zero-order chi connectivity index (χ0) is 18.7. The van der Waals surface area contributed by atoms with Gasteiger partial charge >= 0.3 is 0 Å². The van der Waals surface area contributed by atoms with Crippen molar-refractivity contribution in [2.75, 3.05) is 36.4 Å². The molecule has 1 N–H and O–H groups in total. The lowest BCUT2D eigenvalue weighted by Crippen LogP contribution is -2.53. The van der Waals surface area contributed by atoms with Crippen LogP contribution in [0.5, 0.6) is 0 Å². The van der Waals surface area contributed by atoms with E-state index in [4.69, 9.17) is 23.2 Å². The lowest BCUT2D eigenvalue weighted by Gasteiger charge is -2.38. The van der Waals surface area contributed by atoms with E-state index in [9.17, 15) is 9.18 Å². The average Bonchev–Trinajstić information content (AvgIpc) is 2.65. The molecule has 0 bridgehead atoms. The Morgan fingerprint density at radius 2 is 1.77 bits per heavy atom. The van der Waals surface area contributed by atoms with Crippen LogP contribution in [0.1, 0.15) is 6.92 Å². The van der Waals surface area contributed by atoms with Gasteiger partial charge in [-0.25, -0.2) is 4.39 Å². The summed E-state index contributed by atoms with van der Waals surface area (Å²) in [6, 6.07) is 11.6. The molecule has 1 aliphatic rings. The molecular formula is C19H20Cl2FN3O. The molecule has 1 fully saturated rings. The fourth-order valence-electron chi connectivity index (χ4n) is 3.06. The largest absolute Gasteiger partial charge is 0.367 e. The monoisotopic (exact) mass is 395 g/mol. The molecular weight excluding hydrogens is 376 g/mol. The summed E-state index contributed by atoms with van der Waals surface area (Å²) in [6.45, 7) is 4.53. The maximum absolute atomic E-state index is 13.9. The number of benzene rings is 2. The van der Waals surface area contributed by atoms with Crippen molar-refractivity contribution in [1.82, 2.24) is 4.90 Å². The Morgan fingerprint density at radius 3 is 2.46 bits per heavy atom. The maximum atomic E-state index is 13.9. The molecule has 0 aromatic heterocycles. The predicted molar refractivity (Wildman–Crippen MR) is 105 cm³/mol. The smallest absolute Gasteiger partial charge is 0.241 e. The molecule has 138 valence electrons. The van der Waals surface area contributed by atoms with E-state index in [2.05, 4.69) is 10.2 Å². The average molecular weight is 396 g/mol. The van der Waals surface area contributed by atoms with Crippen LogP contribution in [0, 0.1) is 5.82 Å². The van der Waals surface area contributed by atoms with Crippen LogP contribution in [0.15, 0.2) is 42.5 Å². The highest BCUT2D eigenvalue weighted by molar-refractivity contribution is 6.44. The van der Waals surface area contributed by atoms with Crippen LogP contribution in [-0.4, -0.2) is 43.0 Å². The van der Waals surface area contributed by atoms with E-state index in [1.807, 2.05) is 17.9 Å². The molecule has 4 nitrogen and oxygen atoms in total. The number of amides is 1. The lowest BCUT2D eigenvalue weighted by atomic mass is 10.2. The summed E-state index contributed by atoms with van der Waals surface area (Å²) in [5, 5.41) is 3.56. The second-order valence-corrected chi connectivity index (χ2v) is 7.03. The van der Waals surface area contributed by atoms with Crippen LogP contribution in [0.4, 0.5) is 15.8 Å². The summed E-state index contributed by atoms with van der Waals surface area (Å²) < 4.78 is 13.9. The summed E-state index contributed by atoms with van der Waals surface area (Å²) in [7, 11) is 0. The summed E-state index contributed by atoms with van der Waals surface area (Å²) in [5.74, 6) is -0.365. The fourth-order valence-corrected chi connectivity index (χ4v) is 3.41. The third kappa shape index (κ3) is 4.11. The van der Waals surface area contributed by atoms with Crippen LogP contribution >= 0.6 is 23.2 Å². The van der Waals surface area contributed by atoms with E-state index in [1.54, 1.807) is 30.3 Å². The molecule has 0 saturated carbocycles. The summed E-state index contributed by atoms with van der Waals surface area (Å²) in [4.78, 5) is 16.6. The van der Waals surface area contributed by atoms with E-state index in [1.165, 1.54) is 6.07 Å². The number of hydrogen-bond acceptors (Lipinski definition) is 3.